The molecule has 0 aromatic heterocycles. The lowest BCUT2D eigenvalue weighted by atomic mass is 10.0. The summed E-state index contributed by atoms with van der Waals surface area (Å²) in [6.07, 6.45) is 0.933. The molecule has 1 unspecified atom stereocenters. The summed E-state index contributed by atoms with van der Waals surface area (Å²) in [5.74, 6) is 0.475. The molecular weight excluding hydrogens is 254 g/mol. The van der Waals surface area contributed by atoms with Crippen molar-refractivity contribution in [1.29, 1.82) is 0 Å². The van der Waals surface area contributed by atoms with E-state index in [0.29, 0.717) is 12.5 Å². The second-order valence-corrected chi connectivity index (χ2v) is 5.75. The summed E-state index contributed by atoms with van der Waals surface area (Å²) in [6.45, 7) is 7.64. The number of benzene rings is 1. The Morgan fingerprint density at radius 3 is 2.60 bits per heavy atom. The predicted molar refractivity (Wildman–Crippen MR) is 81.6 cm³/mol. The Labute approximate surface area is 120 Å². The maximum Gasteiger partial charge on any atom is 0.272 e. The van der Waals surface area contributed by atoms with E-state index in [1.165, 1.54) is 0 Å². The van der Waals surface area contributed by atoms with Crippen LogP contribution in [0.3, 0.4) is 0 Å². The molecule has 0 aliphatic rings. The van der Waals surface area contributed by atoms with Crippen molar-refractivity contribution in [2.75, 3.05) is 13.6 Å². The Bertz CT molecular complexity index is 460. The van der Waals surface area contributed by atoms with Gasteiger partial charge in [-0.15, -0.1) is 0 Å². The van der Waals surface area contributed by atoms with Gasteiger partial charge < -0.3 is 10.6 Å². The van der Waals surface area contributed by atoms with Crippen molar-refractivity contribution in [3.05, 3.63) is 39.4 Å². The summed E-state index contributed by atoms with van der Waals surface area (Å²) in [7, 11) is 2.02. The zero-order valence-corrected chi connectivity index (χ0v) is 12.8. The standard InChI is InChI=1S/C15H25N3O2/c1-11(2)14(16)8-9-17(4)10-13-6-5-7-15(12(13)3)18(19)20/h5-7,11,14H,8-10,16H2,1-4H3. The number of hydrogen-bond acceptors (Lipinski definition) is 4. The molecule has 0 radical (unpaired) electrons. The van der Waals surface area contributed by atoms with Crippen LogP contribution in [0.4, 0.5) is 5.69 Å². The van der Waals surface area contributed by atoms with Crippen LogP contribution >= 0.6 is 0 Å². The van der Waals surface area contributed by atoms with Crippen LogP contribution in [0.5, 0.6) is 0 Å². The second-order valence-electron chi connectivity index (χ2n) is 5.75. The van der Waals surface area contributed by atoms with Crippen molar-refractivity contribution in [2.24, 2.45) is 11.7 Å². The zero-order valence-electron chi connectivity index (χ0n) is 12.8. The van der Waals surface area contributed by atoms with Crippen LogP contribution in [0.25, 0.3) is 0 Å². The fourth-order valence-corrected chi connectivity index (χ4v) is 2.11. The first-order valence-corrected chi connectivity index (χ1v) is 7.00. The van der Waals surface area contributed by atoms with Crippen LogP contribution in [-0.2, 0) is 6.54 Å². The average molecular weight is 279 g/mol. The summed E-state index contributed by atoms with van der Waals surface area (Å²) >= 11 is 0. The van der Waals surface area contributed by atoms with Gasteiger partial charge in [0, 0.05) is 24.2 Å². The van der Waals surface area contributed by atoms with E-state index in [1.807, 2.05) is 13.1 Å². The third-order valence-electron chi connectivity index (χ3n) is 3.75. The van der Waals surface area contributed by atoms with Crippen LogP contribution in [0, 0.1) is 23.0 Å². The summed E-state index contributed by atoms with van der Waals surface area (Å²) < 4.78 is 0. The first kappa shape index (κ1) is 16.6. The molecule has 20 heavy (non-hydrogen) atoms. The minimum Gasteiger partial charge on any atom is -0.327 e. The molecule has 0 fully saturated rings. The molecule has 5 nitrogen and oxygen atoms in total. The lowest BCUT2D eigenvalue weighted by molar-refractivity contribution is -0.385. The quantitative estimate of drug-likeness (QED) is 0.615. The number of nitro benzene ring substituents is 1. The van der Waals surface area contributed by atoms with Gasteiger partial charge >= 0.3 is 0 Å². The molecule has 0 saturated heterocycles. The molecule has 1 aromatic rings. The van der Waals surface area contributed by atoms with Gasteiger partial charge in [0.05, 0.1) is 4.92 Å². The highest BCUT2D eigenvalue weighted by Crippen LogP contribution is 2.22. The van der Waals surface area contributed by atoms with Gasteiger partial charge in [-0.25, -0.2) is 0 Å². The largest absolute Gasteiger partial charge is 0.327 e. The molecule has 1 aromatic carbocycles. The van der Waals surface area contributed by atoms with Crippen LogP contribution in [0.1, 0.15) is 31.4 Å². The molecule has 112 valence electrons. The Kier molecular flexibility index (Phi) is 6.10. The highest BCUT2D eigenvalue weighted by Gasteiger charge is 2.15. The number of nitro groups is 1. The Hall–Kier alpha value is -1.46. The van der Waals surface area contributed by atoms with Gasteiger partial charge in [-0.2, -0.15) is 0 Å². The summed E-state index contributed by atoms with van der Waals surface area (Å²) in [4.78, 5) is 12.8. The first-order chi connectivity index (χ1) is 9.32. The van der Waals surface area contributed by atoms with Crippen molar-refractivity contribution in [1.82, 2.24) is 4.90 Å². The van der Waals surface area contributed by atoms with Crippen LogP contribution in [0.2, 0.25) is 0 Å². The van der Waals surface area contributed by atoms with Gasteiger partial charge in [0.1, 0.15) is 0 Å². The molecule has 1 atom stereocenters. The van der Waals surface area contributed by atoms with E-state index in [2.05, 4.69) is 18.7 Å². The van der Waals surface area contributed by atoms with Crippen LogP contribution in [0.15, 0.2) is 18.2 Å². The molecule has 0 bridgehead atoms. The average Bonchev–Trinajstić information content (AvgIpc) is 2.37. The Balaban J connectivity index is 2.64. The maximum absolute atomic E-state index is 10.9. The summed E-state index contributed by atoms with van der Waals surface area (Å²) in [5, 5.41) is 10.9. The topological polar surface area (TPSA) is 72.4 Å². The third-order valence-corrected chi connectivity index (χ3v) is 3.75. The molecular formula is C15H25N3O2. The third kappa shape index (κ3) is 4.58. The molecule has 0 spiro atoms. The van der Waals surface area contributed by atoms with E-state index in [9.17, 15) is 10.1 Å². The Morgan fingerprint density at radius 1 is 1.40 bits per heavy atom. The molecule has 0 aliphatic carbocycles. The number of nitrogens with two attached hydrogens (primary N) is 1. The van der Waals surface area contributed by atoms with Crippen molar-refractivity contribution >= 4 is 5.69 Å². The first-order valence-electron chi connectivity index (χ1n) is 7.00. The van der Waals surface area contributed by atoms with E-state index in [4.69, 9.17) is 5.73 Å². The fourth-order valence-electron chi connectivity index (χ4n) is 2.11. The predicted octanol–water partition coefficient (Wildman–Crippen LogP) is 2.71. The summed E-state index contributed by atoms with van der Waals surface area (Å²) in [5.41, 5.74) is 7.97. The molecule has 2 N–H and O–H groups in total. The number of nitrogens with zero attached hydrogens (tertiary/aromatic N) is 2. The van der Waals surface area contributed by atoms with Crippen molar-refractivity contribution in [2.45, 2.75) is 39.8 Å². The highest BCUT2D eigenvalue weighted by atomic mass is 16.6. The van der Waals surface area contributed by atoms with Crippen LogP contribution in [-0.4, -0.2) is 29.5 Å². The normalized spacial score (nSPS) is 12.9. The number of rotatable bonds is 7. The highest BCUT2D eigenvalue weighted by molar-refractivity contribution is 5.44. The summed E-state index contributed by atoms with van der Waals surface area (Å²) in [6, 6.07) is 5.44. The van der Waals surface area contributed by atoms with Crippen molar-refractivity contribution < 1.29 is 4.92 Å². The second kappa shape index (κ2) is 7.36. The van der Waals surface area contributed by atoms with E-state index < -0.39 is 0 Å². The van der Waals surface area contributed by atoms with Gasteiger partial charge in [0.25, 0.3) is 5.69 Å². The Morgan fingerprint density at radius 2 is 2.05 bits per heavy atom. The molecule has 1 rings (SSSR count). The van der Waals surface area contributed by atoms with Crippen molar-refractivity contribution in [3.8, 4) is 0 Å². The van der Waals surface area contributed by atoms with E-state index in [1.54, 1.807) is 19.1 Å². The van der Waals surface area contributed by atoms with E-state index >= 15 is 0 Å². The smallest absolute Gasteiger partial charge is 0.272 e. The van der Waals surface area contributed by atoms with Gasteiger partial charge in [-0.3, -0.25) is 10.1 Å². The fraction of sp³-hybridized carbons (Fsp3) is 0.600. The molecule has 0 aliphatic heterocycles. The minimum atomic E-state index is -0.326. The van der Waals surface area contributed by atoms with Gasteiger partial charge in [0.15, 0.2) is 0 Å². The molecule has 5 heteroatoms. The monoisotopic (exact) mass is 279 g/mol. The minimum absolute atomic E-state index is 0.190. The SMILES string of the molecule is Cc1c(CN(C)CCC(N)C(C)C)cccc1[N+](=O)[O-]. The van der Waals surface area contributed by atoms with E-state index in [0.717, 1.165) is 24.1 Å². The maximum atomic E-state index is 10.9. The molecule has 0 heterocycles. The van der Waals surface area contributed by atoms with Gasteiger partial charge in [0.2, 0.25) is 0 Å². The van der Waals surface area contributed by atoms with Crippen molar-refractivity contribution in [3.63, 3.8) is 0 Å². The lowest BCUT2D eigenvalue weighted by Crippen LogP contribution is -2.31. The lowest BCUT2D eigenvalue weighted by Gasteiger charge is -2.22. The van der Waals surface area contributed by atoms with Crippen LogP contribution < -0.4 is 5.73 Å². The van der Waals surface area contributed by atoms with Gasteiger partial charge in [-0.1, -0.05) is 26.0 Å². The number of hydrogen-bond donors (Lipinski definition) is 1. The van der Waals surface area contributed by atoms with E-state index in [-0.39, 0.29) is 16.7 Å². The van der Waals surface area contributed by atoms with Gasteiger partial charge in [-0.05, 0) is 38.4 Å². The zero-order chi connectivity index (χ0) is 15.3. The molecule has 0 saturated carbocycles. The molecule has 0 amide bonds.